The fraction of sp³-hybridized carbons (Fsp3) is 0.0968. The van der Waals surface area contributed by atoms with E-state index < -0.39 is 23.2 Å². The number of rotatable bonds is 3. The summed E-state index contributed by atoms with van der Waals surface area (Å²) in [6.07, 6.45) is 0. The van der Waals surface area contributed by atoms with Gasteiger partial charge in [0, 0.05) is 0 Å². The summed E-state index contributed by atoms with van der Waals surface area (Å²) < 4.78 is 0. The smallest absolute Gasteiger partial charge is 0.0623 e. The Bertz CT molecular complexity index is 1240. The Morgan fingerprint density at radius 2 is 0.943 bits per heavy atom. The van der Waals surface area contributed by atoms with E-state index in [-0.39, 0.29) is 0 Å². The molecule has 5 rings (SSSR count). The van der Waals surface area contributed by atoms with E-state index in [1.807, 2.05) is 30.3 Å². The molecule has 0 aliphatic carbocycles. The van der Waals surface area contributed by atoms with E-state index in [2.05, 4.69) is 117 Å². The first-order chi connectivity index (χ1) is 16.9. The van der Waals surface area contributed by atoms with Crippen LogP contribution in [-0.2, 0) is 17.7 Å². The van der Waals surface area contributed by atoms with Gasteiger partial charge in [0.2, 0.25) is 0 Å². The molecule has 5 aromatic rings. The van der Waals surface area contributed by atoms with Crippen molar-refractivity contribution in [3.8, 4) is 22.3 Å². The normalized spacial score (nSPS) is 9.86. The number of hydrogen-bond donors (Lipinski definition) is 0. The van der Waals surface area contributed by atoms with Gasteiger partial charge >= 0.3 is 82.4 Å². The van der Waals surface area contributed by atoms with Gasteiger partial charge in [0.25, 0.3) is 0 Å². The Morgan fingerprint density at radius 1 is 0.571 bits per heavy atom. The van der Waals surface area contributed by atoms with E-state index in [1.54, 1.807) is 0 Å². The molecule has 0 nitrogen and oxygen atoms in total. The number of aryl methyl sites for hydroxylation is 2. The topological polar surface area (TPSA) is 0 Å². The molecule has 0 fully saturated rings. The van der Waals surface area contributed by atoms with E-state index in [4.69, 9.17) is 17.2 Å². The zero-order valence-electron chi connectivity index (χ0n) is 20.4. The third-order valence-electron chi connectivity index (χ3n) is 5.52. The summed E-state index contributed by atoms with van der Waals surface area (Å²) in [5, 5.41) is 1.38. The first kappa shape index (κ1) is 27.6. The van der Waals surface area contributed by atoms with E-state index in [9.17, 15) is 0 Å². The minimum absolute atomic E-state index is 0.540. The van der Waals surface area contributed by atoms with E-state index in [1.165, 1.54) is 38.6 Å². The van der Waals surface area contributed by atoms with Crippen LogP contribution in [0, 0.1) is 13.8 Å². The largest absolute Gasteiger partial charge is 0.203 e. The molecule has 178 valence electrons. The van der Waals surface area contributed by atoms with E-state index in [0.29, 0.717) is 0 Å². The molecule has 0 aliphatic rings. The van der Waals surface area contributed by atoms with Crippen molar-refractivity contribution in [3.05, 3.63) is 139 Å². The summed E-state index contributed by atoms with van der Waals surface area (Å²) in [7, 11) is 12.0. The summed E-state index contributed by atoms with van der Waals surface area (Å²) >= 11 is -2.10. The molecule has 4 heteroatoms. The second-order valence-electron chi connectivity index (χ2n) is 8.34. The minimum atomic E-state index is -2.10. The maximum absolute atomic E-state index is 5.99. The van der Waals surface area contributed by atoms with Crippen LogP contribution in [0.4, 0.5) is 0 Å². The molecular weight excluding hydrogens is 650 g/mol. The second-order valence-corrected chi connectivity index (χ2v) is 37.2. The fourth-order valence-electron chi connectivity index (χ4n) is 3.54. The van der Waals surface area contributed by atoms with Gasteiger partial charge in [-0.25, -0.2) is 12.1 Å². The van der Waals surface area contributed by atoms with Crippen LogP contribution in [0.2, 0.25) is 6.55 Å². The van der Waals surface area contributed by atoms with E-state index in [0.717, 1.165) is 0 Å². The maximum atomic E-state index is 5.99. The van der Waals surface area contributed by atoms with Gasteiger partial charge in [0.15, 0.2) is 0 Å². The average molecular weight is 680 g/mol. The molecule has 35 heavy (non-hydrogen) atoms. The van der Waals surface area contributed by atoms with Gasteiger partial charge in [-0.2, -0.15) is 46.5 Å². The maximum Gasteiger partial charge on any atom is -0.0623 e. The third-order valence-corrected chi connectivity index (χ3v) is 30.4. The van der Waals surface area contributed by atoms with Crippen LogP contribution in [0.5, 0.6) is 0 Å². The first-order valence-electron chi connectivity index (χ1n) is 11.6. The predicted molar refractivity (Wildman–Crippen MR) is 154 cm³/mol. The van der Waals surface area contributed by atoms with Gasteiger partial charge in [0.05, 0.1) is 0 Å². The molecule has 5 aromatic carbocycles. The Morgan fingerprint density at radius 3 is 1.26 bits per heavy atom. The van der Waals surface area contributed by atoms with Crippen LogP contribution >= 0.6 is 17.2 Å². The van der Waals surface area contributed by atoms with Gasteiger partial charge in [-0.15, -0.1) is 0 Å². The molecule has 0 heterocycles. The molecule has 0 atom stereocenters. The molecule has 0 saturated carbocycles. The minimum Gasteiger partial charge on any atom is -0.203 e. The Hall–Kier alpha value is -1.97. The molecule has 0 saturated heterocycles. The van der Waals surface area contributed by atoms with Crippen molar-refractivity contribution in [2.75, 3.05) is 0 Å². The standard InChI is InChI=1S/2C12H11.C7H8Si.2ClH.Hf/c2*1-10-7-8-12(9-10)11-5-3-2-4-6-11;1-8-7-5-3-2-4-6-7;;;/h2*2-9H,1H3;2-6H,1H3;2*1H;/q2*-1;;;;+2/p-2. The molecule has 0 spiro atoms. The van der Waals surface area contributed by atoms with Crippen molar-refractivity contribution in [1.82, 2.24) is 0 Å². The van der Waals surface area contributed by atoms with Crippen LogP contribution < -0.4 is 5.19 Å². The molecule has 0 aliphatic heterocycles. The van der Waals surface area contributed by atoms with Crippen molar-refractivity contribution in [1.29, 1.82) is 0 Å². The monoisotopic (exact) mass is 680 g/mol. The zero-order chi connectivity index (χ0) is 25.0. The summed E-state index contributed by atoms with van der Waals surface area (Å²) in [6.45, 7) is 6.45. The Labute approximate surface area is 225 Å². The third kappa shape index (κ3) is 9.20. The van der Waals surface area contributed by atoms with Gasteiger partial charge < -0.3 is 0 Å². The van der Waals surface area contributed by atoms with Crippen LogP contribution in [0.1, 0.15) is 11.1 Å². The first-order valence-corrected chi connectivity index (χ1v) is 27.9. The zero-order valence-corrected chi connectivity index (χ0v) is 26.5. The molecule has 0 unspecified atom stereocenters. The van der Waals surface area contributed by atoms with Gasteiger partial charge in [0.1, 0.15) is 0 Å². The van der Waals surface area contributed by atoms with Gasteiger partial charge in [-0.05, 0) is 0 Å². The number of halogens is 2. The van der Waals surface area contributed by atoms with E-state index >= 15 is 0 Å². The quantitative estimate of drug-likeness (QED) is 0.132. The second kappa shape index (κ2) is 14.6. The van der Waals surface area contributed by atoms with Crippen molar-refractivity contribution in [2.45, 2.75) is 20.4 Å². The van der Waals surface area contributed by atoms with Crippen LogP contribution in [0.15, 0.2) is 127 Å². The number of benzene rings is 3. The molecule has 0 aromatic heterocycles. The van der Waals surface area contributed by atoms with Crippen LogP contribution in [0.3, 0.4) is 0 Å². The molecule has 0 radical (unpaired) electrons. The summed E-state index contributed by atoms with van der Waals surface area (Å²) in [6, 6.07) is 44.3. The predicted octanol–water partition coefficient (Wildman–Crippen LogP) is 9.20. The summed E-state index contributed by atoms with van der Waals surface area (Å²) in [5.74, 6) is 0. The summed E-state index contributed by atoms with van der Waals surface area (Å²) in [4.78, 5) is 0. The Kier molecular flexibility index (Phi) is 11.5. The molecular formula is C31H30Cl2HfSi-2. The molecule has 0 N–H and O–H groups in total. The molecule has 0 amide bonds. The number of hydrogen-bond acceptors (Lipinski definition) is 0. The van der Waals surface area contributed by atoms with Crippen LogP contribution in [0.25, 0.3) is 22.3 Å². The van der Waals surface area contributed by atoms with Crippen molar-refractivity contribution in [3.63, 3.8) is 0 Å². The average Bonchev–Trinajstić information content (AvgIpc) is 3.54. The van der Waals surface area contributed by atoms with Gasteiger partial charge in [-0.3, -0.25) is 0 Å². The van der Waals surface area contributed by atoms with Gasteiger partial charge in [-0.1, -0.05) is 85.6 Å². The van der Waals surface area contributed by atoms with Crippen molar-refractivity contribution >= 4 is 27.8 Å². The Balaban J connectivity index is 0.000000147. The summed E-state index contributed by atoms with van der Waals surface area (Å²) in [5.41, 5.74) is 7.33. The van der Waals surface area contributed by atoms with Crippen molar-refractivity contribution < 1.29 is 17.7 Å². The fourth-order valence-corrected chi connectivity index (χ4v) is 14.0. The van der Waals surface area contributed by atoms with Crippen molar-refractivity contribution in [2.24, 2.45) is 0 Å². The van der Waals surface area contributed by atoms with Crippen LogP contribution in [-0.4, -0.2) is 5.49 Å². The SMILES string of the molecule is C[Si](c1ccccc1)=[Hf]([Cl])[Cl].Cc1cc(-c2ccccc2)c[cH-]1.Cc1cc(-c2ccccc2)c[cH-]1. The molecule has 0 bridgehead atoms.